The summed E-state index contributed by atoms with van der Waals surface area (Å²) in [7, 11) is 1.77. The number of benzene rings is 1. The van der Waals surface area contributed by atoms with E-state index in [1.165, 1.54) is 10.5 Å². The van der Waals surface area contributed by atoms with Gasteiger partial charge in [0.15, 0.2) is 0 Å². The quantitative estimate of drug-likeness (QED) is 0.812. The third-order valence-electron chi connectivity index (χ3n) is 4.05. The van der Waals surface area contributed by atoms with Crippen molar-refractivity contribution in [1.29, 1.82) is 0 Å². The summed E-state index contributed by atoms with van der Waals surface area (Å²) in [5, 5.41) is 2.85. The van der Waals surface area contributed by atoms with E-state index >= 15 is 0 Å². The number of carbonyl (C=O) groups is 2. The van der Waals surface area contributed by atoms with Gasteiger partial charge in [-0.25, -0.2) is 4.79 Å². The van der Waals surface area contributed by atoms with E-state index in [0.717, 1.165) is 5.75 Å². The van der Waals surface area contributed by atoms with Crippen LogP contribution in [-0.2, 0) is 4.79 Å². The van der Waals surface area contributed by atoms with E-state index in [0.29, 0.717) is 26.1 Å². The molecule has 5 nitrogen and oxygen atoms in total. The molecule has 126 valence electrons. The van der Waals surface area contributed by atoms with E-state index in [2.05, 4.69) is 36.5 Å². The fourth-order valence-electron chi connectivity index (χ4n) is 2.51. The number of hydrogen-bond donors (Lipinski definition) is 1. The van der Waals surface area contributed by atoms with Crippen LogP contribution in [0.2, 0.25) is 0 Å². The molecule has 0 saturated carbocycles. The van der Waals surface area contributed by atoms with Gasteiger partial charge in [0.05, 0.1) is 0 Å². The van der Waals surface area contributed by atoms with Crippen molar-refractivity contribution in [1.82, 2.24) is 15.1 Å². The summed E-state index contributed by atoms with van der Waals surface area (Å²) < 4.78 is 0. The average Bonchev–Trinajstić information content (AvgIpc) is 2.85. The molecule has 1 fully saturated rings. The van der Waals surface area contributed by atoms with E-state index in [1.54, 1.807) is 28.6 Å². The van der Waals surface area contributed by atoms with Gasteiger partial charge < -0.3 is 15.1 Å². The summed E-state index contributed by atoms with van der Waals surface area (Å²) in [5.41, 5.74) is 1.25. The lowest BCUT2D eigenvalue weighted by atomic mass is 10.2. The Labute approximate surface area is 142 Å². The maximum atomic E-state index is 12.3. The van der Waals surface area contributed by atoms with Crippen LogP contribution in [0.5, 0.6) is 0 Å². The smallest absolute Gasteiger partial charge is 0.318 e. The first kappa shape index (κ1) is 17.7. The minimum Gasteiger partial charge on any atom is -0.344 e. The number of aryl methyl sites for hydroxylation is 1. The van der Waals surface area contributed by atoms with Gasteiger partial charge in [0, 0.05) is 37.3 Å². The van der Waals surface area contributed by atoms with Crippen LogP contribution >= 0.6 is 11.8 Å². The van der Waals surface area contributed by atoms with Gasteiger partial charge in [-0.05, 0) is 32.4 Å². The van der Waals surface area contributed by atoms with Gasteiger partial charge in [-0.1, -0.05) is 17.7 Å². The summed E-state index contributed by atoms with van der Waals surface area (Å²) in [6, 6.07) is 7.87. The molecule has 6 heteroatoms. The number of nitrogens with one attached hydrogen (secondary N) is 1. The summed E-state index contributed by atoms with van der Waals surface area (Å²) in [4.78, 5) is 28.8. The molecule has 1 aromatic rings. The largest absolute Gasteiger partial charge is 0.344 e. The van der Waals surface area contributed by atoms with Crippen molar-refractivity contribution in [3.05, 3.63) is 29.8 Å². The standard InChI is InChI=1S/C17H25N3O2S/c1-4-20(11-12-23-14-7-5-13(2)6-8-14)17(22)18-15-9-10-19(3)16(15)21/h5-8,15H,4,9-12H2,1-3H3,(H,18,22)/t15-/m0/s1. The third-order valence-corrected chi connectivity index (χ3v) is 5.04. The predicted octanol–water partition coefficient (Wildman–Crippen LogP) is 2.35. The SMILES string of the molecule is CCN(CCSc1ccc(C)cc1)C(=O)N[C@H]1CCN(C)C1=O. The molecule has 3 amide bonds. The molecule has 2 rings (SSSR count). The van der Waals surface area contributed by atoms with Crippen LogP contribution in [0, 0.1) is 6.92 Å². The molecule has 0 bridgehead atoms. The summed E-state index contributed by atoms with van der Waals surface area (Å²) in [6.07, 6.45) is 0.691. The van der Waals surface area contributed by atoms with Crippen LogP contribution in [0.4, 0.5) is 4.79 Å². The maximum Gasteiger partial charge on any atom is 0.318 e. The molecule has 1 aromatic carbocycles. The van der Waals surface area contributed by atoms with E-state index in [9.17, 15) is 9.59 Å². The summed E-state index contributed by atoms with van der Waals surface area (Å²) in [6.45, 7) is 6.03. The molecule has 0 aliphatic carbocycles. The molecular weight excluding hydrogens is 310 g/mol. The first-order chi connectivity index (χ1) is 11.0. The van der Waals surface area contributed by atoms with E-state index < -0.39 is 0 Å². The Hall–Kier alpha value is -1.69. The zero-order valence-corrected chi connectivity index (χ0v) is 14.9. The van der Waals surface area contributed by atoms with E-state index in [1.807, 2.05) is 6.92 Å². The van der Waals surface area contributed by atoms with Crippen LogP contribution in [-0.4, -0.2) is 60.2 Å². The second-order valence-corrected chi connectivity index (χ2v) is 6.96. The summed E-state index contributed by atoms with van der Waals surface area (Å²) >= 11 is 1.74. The van der Waals surface area contributed by atoms with Gasteiger partial charge in [0.25, 0.3) is 0 Å². The lowest BCUT2D eigenvalue weighted by Gasteiger charge is -2.23. The molecule has 0 aromatic heterocycles. The molecule has 1 atom stereocenters. The zero-order valence-electron chi connectivity index (χ0n) is 14.0. The first-order valence-corrected chi connectivity index (χ1v) is 8.99. The molecule has 0 radical (unpaired) electrons. The Kier molecular flexibility index (Phi) is 6.33. The molecule has 23 heavy (non-hydrogen) atoms. The third kappa shape index (κ3) is 4.89. The van der Waals surface area contributed by atoms with Crippen molar-refractivity contribution < 1.29 is 9.59 Å². The number of urea groups is 1. The lowest BCUT2D eigenvalue weighted by molar-refractivity contribution is -0.128. The Morgan fingerprint density at radius 2 is 2.09 bits per heavy atom. The van der Waals surface area contributed by atoms with Crippen molar-refractivity contribution in [2.75, 3.05) is 32.4 Å². The van der Waals surface area contributed by atoms with Gasteiger partial charge in [-0.15, -0.1) is 11.8 Å². The zero-order chi connectivity index (χ0) is 16.8. The van der Waals surface area contributed by atoms with E-state index in [-0.39, 0.29) is 18.0 Å². The second-order valence-electron chi connectivity index (χ2n) is 5.79. The molecule has 1 heterocycles. The van der Waals surface area contributed by atoms with Gasteiger partial charge >= 0.3 is 6.03 Å². The predicted molar refractivity (Wildman–Crippen MR) is 93.7 cm³/mol. The maximum absolute atomic E-state index is 12.3. The average molecular weight is 335 g/mol. The number of hydrogen-bond acceptors (Lipinski definition) is 3. The molecule has 0 unspecified atom stereocenters. The van der Waals surface area contributed by atoms with Crippen LogP contribution < -0.4 is 5.32 Å². The number of amides is 3. The molecule has 1 saturated heterocycles. The Morgan fingerprint density at radius 3 is 2.65 bits per heavy atom. The van der Waals surface area contributed by atoms with Crippen molar-refractivity contribution in [2.45, 2.75) is 31.2 Å². The minimum absolute atomic E-state index is 0.00318. The van der Waals surface area contributed by atoms with Gasteiger partial charge in [0.1, 0.15) is 6.04 Å². The molecule has 1 aliphatic heterocycles. The van der Waals surface area contributed by atoms with Crippen LogP contribution in [0.3, 0.4) is 0 Å². The number of rotatable bonds is 6. The Morgan fingerprint density at radius 1 is 1.39 bits per heavy atom. The number of carbonyl (C=O) groups excluding carboxylic acids is 2. The lowest BCUT2D eigenvalue weighted by Crippen LogP contribution is -2.48. The highest BCUT2D eigenvalue weighted by molar-refractivity contribution is 7.99. The number of thioether (sulfide) groups is 1. The topological polar surface area (TPSA) is 52.7 Å². The highest BCUT2D eigenvalue weighted by Crippen LogP contribution is 2.18. The number of nitrogens with zero attached hydrogens (tertiary/aromatic N) is 2. The van der Waals surface area contributed by atoms with Gasteiger partial charge in [-0.2, -0.15) is 0 Å². The first-order valence-electron chi connectivity index (χ1n) is 8.01. The molecule has 1 aliphatic rings. The normalized spacial score (nSPS) is 17.4. The highest BCUT2D eigenvalue weighted by atomic mass is 32.2. The minimum atomic E-state index is -0.369. The van der Waals surface area contributed by atoms with Crippen LogP contribution in [0.25, 0.3) is 0 Å². The van der Waals surface area contributed by atoms with Crippen LogP contribution in [0.15, 0.2) is 29.2 Å². The molecule has 0 spiro atoms. The van der Waals surface area contributed by atoms with Gasteiger partial charge in [-0.3, -0.25) is 4.79 Å². The number of likely N-dealkylation sites (tertiary alicyclic amines) is 1. The Balaban J connectivity index is 1.78. The van der Waals surface area contributed by atoms with Crippen molar-refractivity contribution in [3.63, 3.8) is 0 Å². The second kappa shape index (κ2) is 8.24. The monoisotopic (exact) mass is 335 g/mol. The highest BCUT2D eigenvalue weighted by Gasteiger charge is 2.31. The summed E-state index contributed by atoms with van der Waals surface area (Å²) in [5.74, 6) is 0.839. The fraction of sp³-hybridized carbons (Fsp3) is 0.529. The van der Waals surface area contributed by atoms with Crippen LogP contribution in [0.1, 0.15) is 18.9 Å². The Bertz CT molecular complexity index is 547. The molecule has 1 N–H and O–H groups in total. The van der Waals surface area contributed by atoms with Crippen molar-refractivity contribution >= 4 is 23.7 Å². The van der Waals surface area contributed by atoms with Crippen molar-refractivity contribution in [2.24, 2.45) is 0 Å². The van der Waals surface area contributed by atoms with E-state index in [4.69, 9.17) is 0 Å². The van der Waals surface area contributed by atoms with Crippen molar-refractivity contribution in [3.8, 4) is 0 Å². The van der Waals surface area contributed by atoms with Gasteiger partial charge in [0.2, 0.25) is 5.91 Å². The number of likely N-dealkylation sites (N-methyl/N-ethyl adjacent to an activating group) is 1. The fourth-order valence-corrected chi connectivity index (χ4v) is 3.38. The molecular formula is C17H25N3O2S.